The maximum Gasteiger partial charge on any atom is 0.547 e. The number of nitrogens with one attached hydrogen (secondary N) is 2. The van der Waals surface area contributed by atoms with Crippen LogP contribution < -0.4 is 15.3 Å². The molecular formula is C24H24BFN4O10. The van der Waals surface area contributed by atoms with Crippen molar-refractivity contribution >= 4 is 36.8 Å². The number of imide groups is 1. The highest BCUT2D eigenvalue weighted by Crippen LogP contribution is 2.33. The zero-order chi connectivity index (χ0) is 29.3. The Labute approximate surface area is 226 Å². The van der Waals surface area contributed by atoms with Crippen molar-refractivity contribution in [1.82, 2.24) is 20.4 Å². The molecule has 2 aliphatic rings. The summed E-state index contributed by atoms with van der Waals surface area (Å²) >= 11 is 0. The molecule has 1 saturated heterocycles. The number of amides is 5. The van der Waals surface area contributed by atoms with Gasteiger partial charge in [0.2, 0.25) is 5.91 Å². The fourth-order valence-electron chi connectivity index (χ4n) is 4.50. The van der Waals surface area contributed by atoms with Crippen molar-refractivity contribution in [1.29, 1.82) is 0 Å². The Bertz CT molecular complexity index is 1380. The van der Waals surface area contributed by atoms with Crippen LogP contribution in [0.2, 0.25) is 0 Å². The summed E-state index contributed by atoms with van der Waals surface area (Å²) in [7, 11) is -1.76. The lowest BCUT2D eigenvalue weighted by Gasteiger charge is -2.33. The molecule has 6 N–H and O–H groups in total. The number of carboxylic acids is 1. The van der Waals surface area contributed by atoms with Gasteiger partial charge in [0.25, 0.3) is 0 Å². The molecule has 1 fully saturated rings. The van der Waals surface area contributed by atoms with Crippen LogP contribution in [0.1, 0.15) is 34.5 Å². The summed E-state index contributed by atoms with van der Waals surface area (Å²) < 4.78 is 20.2. The Balaban J connectivity index is 1.62. The van der Waals surface area contributed by atoms with E-state index in [1.165, 1.54) is 23.1 Å². The number of aromatic carboxylic acids is 1. The summed E-state index contributed by atoms with van der Waals surface area (Å²) in [5, 5.41) is 44.3. The van der Waals surface area contributed by atoms with Crippen LogP contribution >= 0.6 is 0 Å². The molecule has 0 spiro atoms. The van der Waals surface area contributed by atoms with Gasteiger partial charge in [0.15, 0.2) is 0 Å². The third kappa shape index (κ3) is 5.33. The number of phenols is 2. The van der Waals surface area contributed by atoms with E-state index in [0.717, 1.165) is 6.07 Å². The maximum atomic E-state index is 14.9. The van der Waals surface area contributed by atoms with Gasteiger partial charge < -0.3 is 40.5 Å². The first-order valence-corrected chi connectivity index (χ1v) is 12.1. The maximum absolute atomic E-state index is 14.9. The third-order valence-electron chi connectivity index (χ3n) is 6.52. The quantitative estimate of drug-likeness (QED) is 0.198. The zero-order valence-corrected chi connectivity index (χ0v) is 21.0. The topological polar surface area (TPSA) is 206 Å². The summed E-state index contributed by atoms with van der Waals surface area (Å²) in [6.45, 7) is 1.66. The van der Waals surface area contributed by atoms with Gasteiger partial charge in [0, 0.05) is 31.8 Å². The molecule has 5 amide bonds. The molecule has 0 saturated carbocycles. The molecule has 0 aliphatic carbocycles. The fourth-order valence-corrected chi connectivity index (χ4v) is 4.50. The van der Waals surface area contributed by atoms with Gasteiger partial charge in [-0.25, -0.2) is 14.0 Å². The highest BCUT2D eigenvalue weighted by atomic mass is 19.1. The summed E-state index contributed by atoms with van der Waals surface area (Å²) in [4.78, 5) is 64.3. The number of likely N-dealkylation sites (N-methyl/N-ethyl adjacent to an activating group) is 1. The van der Waals surface area contributed by atoms with Crippen LogP contribution in [0.4, 0.5) is 9.18 Å². The van der Waals surface area contributed by atoms with E-state index in [-0.39, 0.29) is 37.4 Å². The number of carbonyl (C=O) groups excluding carboxylic acids is 4. The SMILES string of the molecule is CCN1CCN(C(=O)NC(C(=O)NC2Cc3cccc(C(=O)O)c3OB2O)c2c(O)cc(O)cc2F)C(=O)C1=O. The predicted molar refractivity (Wildman–Crippen MR) is 133 cm³/mol. The standard InChI is InChI=1S/C24H24BFN4O10/c1-2-29-6-7-30(22(35)21(29)34)24(38)28-18(17-14(26)9-12(31)10-15(17)32)20(33)27-16-8-11-4-3-5-13(23(36)37)19(11)40-25(16)39/h3-5,9-10,16,18,31-32,39H,2,6-8H2,1H3,(H,27,33)(H,28,38)(H,36,37). The number of rotatable bonds is 6. The number of phenolic OH excluding ortho intramolecular Hbond substituents is 2. The number of halogens is 1. The molecule has 210 valence electrons. The summed E-state index contributed by atoms with van der Waals surface area (Å²) in [6.07, 6.45) is -0.125. The highest BCUT2D eigenvalue weighted by Gasteiger charge is 2.42. The number of nitrogens with zero attached hydrogens (tertiary/aromatic N) is 2. The Morgan fingerprint density at radius 3 is 2.55 bits per heavy atom. The van der Waals surface area contributed by atoms with E-state index in [4.69, 9.17) is 4.65 Å². The number of carboxylic acid groups (broad SMARTS) is 1. The van der Waals surface area contributed by atoms with Gasteiger partial charge in [-0.05, 0) is 25.0 Å². The monoisotopic (exact) mass is 558 g/mol. The molecule has 40 heavy (non-hydrogen) atoms. The largest absolute Gasteiger partial charge is 0.547 e. The third-order valence-corrected chi connectivity index (χ3v) is 6.52. The molecule has 0 aromatic heterocycles. The molecular weight excluding hydrogens is 534 g/mol. The Morgan fingerprint density at radius 2 is 1.90 bits per heavy atom. The zero-order valence-electron chi connectivity index (χ0n) is 21.0. The van der Waals surface area contributed by atoms with Crippen LogP contribution in [-0.4, -0.2) is 92.6 Å². The van der Waals surface area contributed by atoms with Crippen molar-refractivity contribution in [2.45, 2.75) is 25.3 Å². The first-order chi connectivity index (χ1) is 18.9. The second kappa shape index (κ2) is 11.1. The number of urea groups is 1. The van der Waals surface area contributed by atoms with E-state index in [9.17, 15) is 48.7 Å². The van der Waals surface area contributed by atoms with Crippen molar-refractivity contribution in [2.24, 2.45) is 0 Å². The Hall–Kier alpha value is -4.86. The molecule has 0 bridgehead atoms. The first kappa shape index (κ1) is 28.2. The van der Waals surface area contributed by atoms with Crippen LogP contribution in [0.5, 0.6) is 17.2 Å². The fraction of sp³-hybridized carbons (Fsp3) is 0.292. The average molecular weight is 558 g/mol. The van der Waals surface area contributed by atoms with E-state index >= 15 is 0 Å². The van der Waals surface area contributed by atoms with Gasteiger partial charge in [0.1, 0.15) is 29.1 Å². The number of aromatic hydroxyl groups is 2. The number of piperazine rings is 1. The highest BCUT2D eigenvalue weighted by molar-refractivity contribution is 6.47. The van der Waals surface area contributed by atoms with E-state index in [2.05, 4.69) is 10.6 Å². The van der Waals surface area contributed by atoms with Crippen LogP contribution in [0.25, 0.3) is 0 Å². The normalized spacial score (nSPS) is 17.6. The number of carbonyl (C=O) groups is 5. The minimum atomic E-state index is -2.01. The van der Waals surface area contributed by atoms with Crippen LogP contribution in [0, 0.1) is 5.82 Å². The molecule has 2 unspecified atom stereocenters. The van der Waals surface area contributed by atoms with Crippen LogP contribution in [0.3, 0.4) is 0 Å². The van der Waals surface area contributed by atoms with Crippen molar-refractivity contribution in [3.05, 3.63) is 52.8 Å². The van der Waals surface area contributed by atoms with E-state index < -0.39 is 71.7 Å². The molecule has 4 rings (SSSR count). The van der Waals surface area contributed by atoms with E-state index in [1.54, 1.807) is 6.92 Å². The Kier molecular flexibility index (Phi) is 7.81. The summed E-state index contributed by atoms with van der Waals surface area (Å²) in [6, 6.07) is 2.26. The first-order valence-electron chi connectivity index (χ1n) is 12.1. The molecule has 2 aromatic rings. The van der Waals surface area contributed by atoms with Gasteiger partial charge in [-0.3, -0.25) is 19.3 Å². The number of para-hydroxylation sites is 1. The second-order valence-corrected chi connectivity index (χ2v) is 9.01. The van der Waals surface area contributed by atoms with Gasteiger partial charge in [-0.1, -0.05) is 12.1 Å². The van der Waals surface area contributed by atoms with Crippen molar-refractivity contribution < 1.29 is 53.4 Å². The van der Waals surface area contributed by atoms with Gasteiger partial charge in [-0.15, -0.1) is 0 Å². The minimum absolute atomic E-state index is 0.0214. The van der Waals surface area contributed by atoms with Gasteiger partial charge in [0.05, 0.1) is 17.1 Å². The minimum Gasteiger partial charge on any atom is -0.534 e. The van der Waals surface area contributed by atoms with Crippen LogP contribution in [-0.2, 0) is 20.8 Å². The van der Waals surface area contributed by atoms with Crippen molar-refractivity contribution in [2.75, 3.05) is 19.6 Å². The lowest BCUT2D eigenvalue weighted by atomic mass is 9.72. The Morgan fingerprint density at radius 1 is 1.18 bits per heavy atom. The van der Waals surface area contributed by atoms with Crippen molar-refractivity contribution in [3.63, 3.8) is 0 Å². The predicted octanol–water partition coefficient (Wildman–Crippen LogP) is -0.484. The molecule has 2 aliphatic heterocycles. The second-order valence-electron chi connectivity index (χ2n) is 9.01. The number of hydrogen-bond acceptors (Lipinski definition) is 9. The van der Waals surface area contributed by atoms with Gasteiger partial charge >= 0.3 is 30.9 Å². The molecule has 0 radical (unpaired) electrons. The molecule has 14 nitrogen and oxygen atoms in total. The average Bonchev–Trinajstić information content (AvgIpc) is 2.88. The molecule has 2 heterocycles. The summed E-state index contributed by atoms with van der Waals surface area (Å²) in [5.41, 5.74) is -0.660. The number of fused-ring (bicyclic) bond motifs is 1. The molecule has 16 heteroatoms. The number of hydrogen-bond donors (Lipinski definition) is 6. The van der Waals surface area contributed by atoms with Crippen LogP contribution in [0.15, 0.2) is 30.3 Å². The lowest BCUT2D eigenvalue weighted by molar-refractivity contribution is -0.153. The van der Waals surface area contributed by atoms with E-state index in [0.29, 0.717) is 16.5 Å². The number of benzene rings is 2. The van der Waals surface area contributed by atoms with Gasteiger partial charge in [-0.2, -0.15) is 0 Å². The summed E-state index contributed by atoms with van der Waals surface area (Å²) in [5.74, 6) is -8.79. The molecule has 2 aromatic carbocycles. The van der Waals surface area contributed by atoms with E-state index in [1.807, 2.05) is 0 Å². The molecule has 2 atom stereocenters. The smallest absolute Gasteiger partial charge is 0.534 e. The van der Waals surface area contributed by atoms with Crippen molar-refractivity contribution in [3.8, 4) is 17.2 Å². The lowest BCUT2D eigenvalue weighted by Crippen LogP contribution is -2.60.